The zero-order valence-electron chi connectivity index (χ0n) is 14.5. The van der Waals surface area contributed by atoms with Crippen LogP contribution in [0.5, 0.6) is 5.75 Å². The van der Waals surface area contributed by atoms with Crippen molar-refractivity contribution in [1.29, 1.82) is 0 Å². The van der Waals surface area contributed by atoms with Crippen LogP contribution >= 0.6 is 0 Å². The first-order chi connectivity index (χ1) is 13.1. The van der Waals surface area contributed by atoms with Gasteiger partial charge in [0.25, 0.3) is 11.8 Å². The second kappa shape index (κ2) is 8.13. The van der Waals surface area contributed by atoms with Crippen LogP contribution in [0, 0.1) is 0 Å². The number of amides is 2. The summed E-state index contributed by atoms with van der Waals surface area (Å²) in [6, 6.07) is 9.54. The fourth-order valence-electron chi connectivity index (χ4n) is 2.31. The predicted molar refractivity (Wildman–Crippen MR) is 97.4 cm³/mol. The average Bonchev–Trinajstić information content (AvgIpc) is 2.70. The van der Waals surface area contributed by atoms with Gasteiger partial charge in [0.15, 0.2) is 0 Å². The summed E-state index contributed by atoms with van der Waals surface area (Å²) >= 11 is 0. The molecule has 0 aliphatic heterocycles. The number of hydrazine groups is 1. The van der Waals surface area contributed by atoms with Crippen molar-refractivity contribution in [2.75, 3.05) is 6.61 Å². The summed E-state index contributed by atoms with van der Waals surface area (Å²) in [5.74, 6) is -0.762. The summed E-state index contributed by atoms with van der Waals surface area (Å²) in [5.41, 5.74) is 3.95. The number of nitrogens with one attached hydrogen (secondary N) is 2. The Bertz CT molecular complexity index is 1030. The Morgan fingerprint density at radius 1 is 1.15 bits per heavy atom. The van der Waals surface area contributed by atoms with Gasteiger partial charge in [-0.2, -0.15) is 0 Å². The van der Waals surface area contributed by atoms with E-state index in [1.165, 1.54) is 24.5 Å². The zero-order chi connectivity index (χ0) is 19.2. The molecule has 2 amide bonds. The van der Waals surface area contributed by atoms with E-state index in [1.54, 1.807) is 24.3 Å². The van der Waals surface area contributed by atoms with Crippen molar-refractivity contribution >= 4 is 22.8 Å². The number of ether oxygens (including phenoxy) is 1. The molecule has 2 aromatic heterocycles. The first kappa shape index (κ1) is 18.1. The normalized spacial score (nSPS) is 10.4. The quantitative estimate of drug-likeness (QED) is 0.527. The van der Waals surface area contributed by atoms with E-state index in [9.17, 15) is 14.4 Å². The molecule has 0 fully saturated rings. The molecule has 0 spiro atoms. The van der Waals surface area contributed by atoms with Crippen LogP contribution in [0.3, 0.4) is 0 Å². The van der Waals surface area contributed by atoms with E-state index in [1.807, 2.05) is 6.92 Å². The maximum Gasteiger partial charge on any atom is 0.349 e. The van der Waals surface area contributed by atoms with Crippen LogP contribution in [0.25, 0.3) is 11.0 Å². The maximum atomic E-state index is 12.2. The molecule has 3 rings (SSSR count). The van der Waals surface area contributed by atoms with Crippen molar-refractivity contribution in [2.45, 2.75) is 13.3 Å². The molecule has 1 aromatic carbocycles. The summed E-state index contributed by atoms with van der Waals surface area (Å²) in [5, 5.41) is 0.558. The van der Waals surface area contributed by atoms with Crippen LogP contribution in [-0.2, 0) is 0 Å². The molecule has 8 heteroatoms. The average molecular weight is 367 g/mol. The van der Waals surface area contributed by atoms with E-state index in [-0.39, 0.29) is 11.1 Å². The molecule has 0 unspecified atom stereocenters. The van der Waals surface area contributed by atoms with Crippen LogP contribution in [0.15, 0.2) is 58.0 Å². The SMILES string of the molecule is CCCOc1ccc2cc(C(=O)NNC(=O)c3cccnc3)c(=O)oc2c1. The second-order valence-electron chi connectivity index (χ2n) is 5.65. The molecule has 27 heavy (non-hydrogen) atoms. The molecule has 2 N–H and O–H groups in total. The Morgan fingerprint density at radius 2 is 1.96 bits per heavy atom. The molecule has 0 aliphatic rings. The molecule has 0 atom stereocenters. The minimum Gasteiger partial charge on any atom is -0.493 e. The molecule has 3 aromatic rings. The molecule has 2 heterocycles. The fraction of sp³-hybridized carbons (Fsp3) is 0.158. The lowest BCUT2D eigenvalue weighted by molar-refractivity contribution is 0.0844. The maximum absolute atomic E-state index is 12.2. The summed E-state index contributed by atoms with van der Waals surface area (Å²) in [4.78, 5) is 40.1. The molecule has 0 saturated heterocycles. The number of hydrogen-bond donors (Lipinski definition) is 2. The highest BCUT2D eigenvalue weighted by Gasteiger charge is 2.15. The van der Waals surface area contributed by atoms with Gasteiger partial charge in [0.05, 0.1) is 12.2 Å². The number of hydrogen-bond acceptors (Lipinski definition) is 6. The van der Waals surface area contributed by atoms with Gasteiger partial charge in [-0.1, -0.05) is 6.92 Å². The Labute approximate surface area is 154 Å². The highest BCUT2D eigenvalue weighted by atomic mass is 16.5. The summed E-state index contributed by atoms with van der Waals surface area (Å²) in [6.45, 7) is 2.53. The van der Waals surface area contributed by atoms with E-state index in [0.29, 0.717) is 23.3 Å². The van der Waals surface area contributed by atoms with Crippen LogP contribution in [0.4, 0.5) is 0 Å². The van der Waals surface area contributed by atoms with Crippen molar-refractivity contribution in [3.63, 3.8) is 0 Å². The smallest absolute Gasteiger partial charge is 0.349 e. The van der Waals surface area contributed by atoms with Gasteiger partial charge in [0.2, 0.25) is 0 Å². The Hall–Kier alpha value is -3.68. The van der Waals surface area contributed by atoms with E-state index in [0.717, 1.165) is 6.42 Å². The van der Waals surface area contributed by atoms with Gasteiger partial charge < -0.3 is 9.15 Å². The van der Waals surface area contributed by atoms with Gasteiger partial charge in [-0.05, 0) is 36.8 Å². The van der Waals surface area contributed by atoms with Gasteiger partial charge in [-0.25, -0.2) is 4.79 Å². The van der Waals surface area contributed by atoms with E-state index in [4.69, 9.17) is 9.15 Å². The molecule has 0 radical (unpaired) electrons. The number of rotatable bonds is 5. The summed E-state index contributed by atoms with van der Waals surface area (Å²) in [7, 11) is 0. The van der Waals surface area contributed by atoms with Crippen molar-refractivity contribution < 1.29 is 18.7 Å². The largest absolute Gasteiger partial charge is 0.493 e. The van der Waals surface area contributed by atoms with Gasteiger partial charge in [-0.3, -0.25) is 25.4 Å². The van der Waals surface area contributed by atoms with Crippen molar-refractivity contribution in [3.05, 3.63) is 70.3 Å². The number of benzene rings is 1. The number of fused-ring (bicyclic) bond motifs is 1. The van der Waals surface area contributed by atoms with Crippen LogP contribution < -0.4 is 21.2 Å². The first-order valence-electron chi connectivity index (χ1n) is 8.30. The number of aromatic nitrogens is 1. The molecular formula is C19H17N3O5. The van der Waals surface area contributed by atoms with Crippen LogP contribution in [0.2, 0.25) is 0 Å². The number of carbonyl (C=O) groups is 2. The number of nitrogens with zero attached hydrogens (tertiary/aromatic N) is 1. The lowest BCUT2D eigenvalue weighted by atomic mass is 10.1. The zero-order valence-corrected chi connectivity index (χ0v) is 14.5. The summed E-state index contributed by atoms with van der Waals surface area (Å²) in [6.07, 6.45) is 3.73. The summed E-state index contributed by atoms with van der Waals surface area (Å²) < 4.78 is 10.7. The van der Waals surface area contributed by atoms with Gasteiger partial charge in [-0.15, -0.1) is 0 Å². The molecule has 138 valence electrons. The third-order valence-electron chi connectivity index (χ3n) is 3.64. The highest BCUT2D eigenvalue weighted by molar-refractivity contribution is 6.00. The van der Waals surface area contributed by atoms with E-state index < -0.39 is 17.4 Å². The van der Waals surface area contributed by atoms with Crippen LogP contribution in [0.1, 0.15) is 34.1 Å². The highest BCUT2D eigenvalue weighted by Crippen LogP contribution is 2.20. The standard InChI is InChI=1S/C19H17N3O5/c1-2-8-26-14-6-5-12-9-15(19(25)27-16(12)10-14)18(24)22-21-17(23)13-4-3-7-20-11-13/h3-7,9-11H,2,8H2,1H3,(H,21,23)(H,22,24). The van der Waals surface area contributed by atoms with E-state index in [2.05, 4.69) is 15.8 Å². The number of pyridine rings is 1. The van der Waals surface area contributed by atoms with Crippen molar-refractivity contribution in [3.8, 4) is 5.75 Å². The second-order valence-corrected chi connectivity index (χ2v) is 5.65. The minimum atomic E-state index is -0.816. The predicted octanol–water partition coefficient (Wildman–Crippen LogP) is 2.05. The minimum absolute atomic E-state index is 0.226. The van der Waals surface area contributed by atoms with Crippen molar-refractivity contribution in [1.82, 2.24) is 15.8 Å². The lowest BCUT2D eigenvalue weighted by Gasteiger charge is -2.08. The monoisotopic (exact) mass is 367 g/mol. The third kappa shape index (κ3) is 4.30. The molecular weight excluding hydrogens is 350 g/mol. The van der Waals surface area contributed by atoms with Gasteiger partial charge in [0.1, 0.15) is 16.9 Å². The fourth-order valence-corrected chi connectivity index (χ4v) is 2.31. The van der Waals surface area contributed by atoms with Crippen LogP contribution in [-0.4, -0.2) is 23.4 Å². The van der Waals surface area contributed by atoms with Gasteiger partial charge in [0, 0.05) is 23.8 Å². The lowest BCUT2D eigenvalue weighted by Crippen LogP contribution is -2.43. The molecule has 0 aliphatic carbocycles. The Balaban J connectivity index is 1.75. The third-order valence-corrected chi connectivity index (χ3v) is 3.64. The topological polar surface area (TPSA) is 111 Å². The van der Waals surface area contributed by atoms with Gasteiger partial charge >= 0.3 is 5.63 Å². The first-order valence-corrected chi connectivity index (χ1v) is 8.30. The Kier molecular flexibility index (Phi) is 5.46. The molecule has 0 saturated carbocycles. The van der Waals surface area contributed by atoms with Crippen molar-refractivity contribution in [2.24, 2.45) is 0 Å². The molecule has 8 nitrogen and oxygen atoms in total. The Morgan fingerprint density at radius 3 is 2.70 bits per heavy atom. The molecule has 0 bridgehead atoms. The van der Waals surface area contributed by atoms with E-state index >= 15 is 0 Å². The number of carbonyl (C=O) groups excluding carboxylic acids is 2.